The number of nitrogens with one attached hydrogen (secondary N) is 5. The minimum Gasteiger partial charge on any atom is -0.491 e. The van der Waals surface area contributed by atoms with E-state index >= 15 is 0 Å². The van der Waals surface area contributed by atoms with E-state index in [1.165, 1.54) is 14.0 Å². The van der Waals surface area contributed by atoms with Gasteiger partial charge in [0.1, 0.15) is 46.5 Å². The molecule has 0 radical (unpaired) electrons. The molecule has 69 heavy (non-hydrogen) atoms. The fourth-order valence-electron chi connectivity index (χ4n) is 8.25. The maximum absolute atomic E-state index is 14.0. The number of ether oxygens (including phenoxy) is 6. The first-order chi connectivity index (χ1) is 31.4. The number of aliphatic hydroxyl groups excluding tert-OH is 4. The number of sulfonamides is 1. The first-order valence-corrected chi connectivity index (χ1v) is 25.0. The van der Waals surface area contributed by atoms with Crippen LogP contribution in [0.2, 0.25) is 0 Å². The van der Waals surface area contributed by atoms with Crippen molar-refractivity contribution in [3.05, 3.63) is 11.8 Å². The highest BCUT2D eigenvalue weighted by atomic mass is 32.2. The first-order valence-electron chi connectivity index (χ1n) is 23.3. The van der Waals surface area contributed by atoms with Gasteiger partial charge in [-0.1, -0.05) is 20.8 Å². The number of carbonyl (C=O) groups is 4. The molecule has 2 fully saturated rings. The van der Waals surface area contributed by atoms with Crippen LogP contribution in [0.15, 0.2) is 11.8 Å². The Hall–Kier alpha value is -3.59. The molecule has 2 heterocycles. The highest BCUT2D eigenvalue weighted by molar-refractivity contribution is 7.89. The first kappa shape index (κ1) is 59.7. The molecule has 0 aromatic carbocycles. The summed E-state index contributed by atoms with van der Waals surface area (Å²) in [5, 5.41) is 66.8. The summed E-state index contributed by atoms with van der Waals surface area (Å²) in [5.41, 5.74) is -5.18. The van der Waals surface area contributed by atoms with Gasteiger partial charge in [-0.3, -0.25) is 4.79 Å². The van der Waals surface area contributed by atoms with E-state index < -0.39 is 137 Å². The fourth-order valence-corrected chi connectivity index (χ4v) is 9.43. The summed E-state index contributed by atoms with van der Waals surface area (Å²) in [7, 11) is -3.07. The number of hydrogen-bond donors (Lipinski definition) is 10. The molecule has 1 aliphatic carbocycles. The molecule has 400 valence electrons. The Morgan fingerprint density at radius 3 is 1.99 bits per heavy atom. The van der Waals surface area contributed by atoms with Crippen LogP contribution in [0.5, 0.6) is 0 Å². The second-order valence-electron chi connectivity index (χ2n) is 22.6. The Kier molecular flexibility index (Phi) is 20.6. The van der Waals surface area contributed by atoms with Crippen molar-refractivity contribution in [1.82, 2.24) is 30.9 Å². The quantitative estimate of drug-likeness (QED) is 0.0897. The number of amides is 4. The topological polar surface area (TPSA) is 322 Å². The lowest BCUT2D eigenvalue weighted by Crippen LogP contribution is -2.71. The van der Waals surface area contributed by atoms with Crippen LogP contribution in [0, 0.1) is 11.3 Å². The largest absolute Gasteiger partial charge is 0.491 e. The van der Waals surface area contributed by atoms with Crippen LogP contribution in [0.4, 0.5) is 14.4 Å². The van der Waals surface area contributed by atoms with Gasteiger partial charge in [-0.05, 0) is 93.6 Å². The van der Waals surface area contributed by atoms with Gasteiger partial charge >= 0.3 is 18.3 Å². The van der Waals surface area contributed by atoms with Gasteiger partial charge in [-0.2, -0.15) is 0 Å². The van der Waals surface area contributed by atoms with Crippen molar-refractivity contribution < 1.29 is 81.5 Å². The standard InChI is InChI=1S/C45H82N6O17S/c1-41(2,3)20-30(54)47-17-18-69(61,62)50-29-19-28(49-39(58)67-43(7,8)9)31(34-27(48-38(57)66-42(4,5)6)16-15-26(64-34)22-46-21-25(53)23-52)32(55)35(29)65-37-33(56)36(45(13,60)24-63-37)51(14)40(59)68-44(10,11)12/h15,25,27-29,31-37,46,50,52-53,55-56,60H,16-24H2,1-14H3,(H,47,54)(H,48,57)(H,49,58)/t25?,27-,28+,29-,31?,32+,33-,34+,35+,36-,37-,45+/m1/s1. The molecule has 1 saturated heterocycles. The van der Waals surface area contributed by atoms with E-state index in [0.717, 1.165) is 4.90 Å². The monoisotopic (exact) mass is 1010 g/mol. The minimum atomic E-state index is -4.37. The van der Waals surface area contributed by atoms with E-state index in [0.29, 0.717) is 0 Å². The van der Waals surface area contributed by atoms with Crippen LogP contribution in [0.25, 0.3) is 0 Å². The molecule has 10 N–H and O–H groups in total. The van der Waals surface area contributed by atoms with Crippen molar-refractivity contribution in [2.75, 3.05) is 45.6 Å². The number of aliphatic hydroxyl groups is 5. The number of carbonyl (C=O) groups excluding carboxylic acids is 4. The van der Waals surface area contributed by atoms with E-state index in [1.54, 1.807) is 68.4 Å². The smallest absolute Gasteiger partial charge is 0.410 e. The van der Waals surface area contributed by atoms with Crippen LogP contribution >= 0.6 is 0 Å². The third-order valence-corrected chi connectivity index (χ3v) is 12.3. The summed E-state index contributed by atoms with van der Waals surface area (Å²) in [6, 6.07) is -5.10. The molecule has 0 spiro atoms. The van der Waals surface area contributed by atoms with E-state index in [1.807, 2.05) is 20.8 Å². The summed E-state index contributed by atoms with van der Waals surface area (Å²) in [6.07, 6.45) is -10.7. The normalized spacial score (nSPS) is 29.6. The molecule has 0 aromatic rings. The van der Waals surface area contributed by atoms with E-state index in [2.05, 4.69) is 26.0 Å². The van der Waals surface area contributed by atoms with Crippen molar-refractivity contribution in [3.8, 4) is 0 Å². The van der Waals surface area contributed by atoms with Crippen molar-refractivity contribution in [3.63, 3.8) is 0 Å². The lowest BCUT2D eigenvalue weighted by molar-refractivity contribution is -0.305. The maximum atomic E-state index is 14.0. The zero-order valence-corrected chi connectivity index (χ0v) is 43.6. The maximum Gasteiger partial charge on any atom is 0.410 e. The van der Waals surface area contributed by atoms with Crippen LogP contribution in [-0.4, -0.2) is 192 Å². The average molecular weight is 1010 g/mol. The molecular weight excluding hydrogens is 929 g/mol. The SMILES string of the molecule is CN(C(=O)OC(C)(C)C)[C@@H]1[C@@H](O)[C@@H](O[C@H]2[C@H](NS(=O)(=O)CCNC(=O)CC(C)(C)C)C[C@H](NC(=O)OC(C)(C)C)C([C@H]3OC(CNCC(O)CO)=CC[C@H]3NC(=O)OC(C)(C)C)[C@@H]2O)OC[C@]1(C)O. The molecule has 2 aliphatic heterocycles. The lowest BCUT2D eigenvalue weighted by Gasteiger charge is -2.52. The molecule has 12 atom stereocenters. The summed E-state index contributed by atoms with van der Waals surface area (Å²) >= 11 is 0. The highest BCUT2D eigenvalue weighted by Crippen LogP contribution is 2.39. The molecule has 0 aromatic heterocycles. The molecule has 3 aliphatic rings. The average Bonchev–Trinajstić information content (AvgIpc) is 3.14. The number of alkyl carbamates (subject to hydrolysis) is 2. The van der Waals surface area contributed by atoms with Gasteiger partial charge in [0.15, 0.2) is 6.29 Å². The Balaban J connectivity index is 2.19. The van der Waals surface area contributed by atoms with Crippen LogP contribution < -0.4 is 26.0 Å². The number of likely N-dealkylation sites (N-methyl/N-ethyl adjacent to an activating group) is 1. The van der Waals surface area contributed by atoms with Crippen LogP contribution in [0.1, 0.15) is 109 Å². The molecular formula is C45H82N6O17S. The van der Waals surface area contributed by atoms with Crippen LogP contribution in [-0.2, 0) is 43.2 Å². The van der Waals surface area contributed by atoms with Crippen molar-refractivity contribution in [1.29, 1.82) is 0 Å². The van der Waals surface area contributed by atoms with Crippen molar-refractivity contribution in [2.45, 2.75) is 193 Å². The van der Waals surface area contributed by atoms with E-state index in [-0.39, 0.29) is 56.0 Å². The lowest BCUT2D eigenvalue weighted by atomic mass is 9.72. The van der Waals surface area contributed by atoms with Crippen LogP contribution in [0.3, 0.4) is 0 Å². The van der Waals surface area contributed by atoms with Gasteiger partial charge in [-0.15, -0.1) is 0 Å². The van der Waals surface area contributed by atoms with Gasteiger partial charge in [0, 0.05) is 38.5 Å². The van der Waals surface area contributed by atoms with Gasteiger partial charge in [0.05, 0.1) is 55.8 Å². The number of rotatable bonds is 17. The highest BCUT2D eigenvalue weighted by Gasteiger charge is 2.57. The summed E-state index contributed by atoms with van der Waals surface area (Å²) in [5.74, 6) is -2.03. The van der Waals surface area contributed by atoms with E-state index in [4.69, 9.17) is 28.4 Å². The second-order valence-corrected chi connectivity index (χ2v) is 24.4. The van der Waals surface area contributed by atoms with Crippen molar-refractivity contribution in [2.24, 2.45) is 11.3 Å². The summed E-state index contributed by atoms with van der Waals surface area (Å²) in [6.45, 7) is 20.3. The van der Waals surface area contributed by atoms with Crippen molar-refractivity contribution >= 4 is 34.2 Å². The predicted octanol–water partition coefficient (Wildman–Crippen LogP) is 0.699. The molecule has 24 heteroatoms. The molecule has 3 rings (SSSR count). The molecule has 1 saturated carbocycles. The number of nitrogens with zero attached hydrogens (tertiary/aromatic N) is 1. The third-order valence-electron chi connectivity index (χ3n) is 10.9. The second kappa shape index (κ2) is 23.8. The zero-order chi connectivity index (χ0) is 52.7. The van der Waals surface area contributed by atoms with E-state index in [9.17, 15) is 53.1 Å². The van der Waals surface area contributed by atoms with Gasteiger partial charge in [0.2, 0.25) is 15.9 Å². The predicted molar refractivity (Wildman–Crippen MR) is 251 cm³/mol. The molecule has 4 amide bonds. The summed E-state index contributed by atoms with van der Waals surface area (Å²) < 4.78 is 66.1. The Morgan fingerprint density at radius 2 is 1.45 bits per heavy atom. The fraction of sp³-hybridized carbons (Fsp3) is 0.867. The molecule has 0 bridgehead atoms. The molecule has 2 unspecified atom stereocenters. The third kappa shape index (κ3) is 19.5. The van der Waals surface area contributed by atoms with Gasteiger partial charge in [-0.25, -0.2) is 27.5 Å². The minimum absolute atomic E-state index is 0.00290. The molecule has 23 nitrogen and oxygen atoms in total. The zero-order valence-electron chi connectivity index (χ0n) is 42.8. The number of hydrogen-bond acceptors (Lipinski definition) is 18. The Bertz CT molecular complexity index is 1880. The van der Waals surface area contributed by atoms with Gasteiger partial charge < -0.3 is 80.1 Å². The van der Waals surface area contributed by atoms with Gasteiger partial charge in [0.25, 0.3) is 0 Å². The Morgan fingerprint density at radius 1 is 0.884 bits per heavy atom. The Labute approximate surface area is 407 Å². The summed E-state index contributed by atoms with van der Waals surface area (Å²) in [4.78, 5) is 54.0.